The summed E-state index contributed by atoms with van der Waals surface area (Å²) >= 11 is 6.58. The summed E-state index contributed by atoms with van der Waals surface area (Å²) in [7, 11) is 3.85. The molecule has 0 amide bonds. The number of halogens is 2. The molecular formula is C8H9Br2N3. The molecule has 1 heterocycles. The second-order valence-electron chi connectivity index (χ2n) is 2.68. The lowest BCUT2D eigenvalue weighted by molar-refractivity contribution is 0.643. The van der Waals surface area contributed by atoms with E-state index in [9.17, 15) is 0 Å². The molecule has 1 aromatic heterocycles. The van der Waals surface area contributed by atoms with Gasteiger partial charge >= 0.3 is 0 Å². The SMILES string of the molecule is CN(C)C=Nc1cc(Br)nc(Br)c1. The van der Waals surface area contributed by atoms with Crippen LogP contribution in [0.5, 0.6) is 0 Å². The van der Waals surface area contributed by atoms with Crippen molar-refractivity contribution in [2.75, 3.05) is 14.1 Å². The van der Waals surface area contributed by atoms with Crippen LogP contribution in [0.2, 0.25) is 0 Å². The number of pyridine rings is 1. The molecule has 0 saturated carbocycles. The van der Waals surface area contributed by atoms with E-state index in [-0.39, 0.29) is 0 Å². The van der Waals surface area contributed by atoms with Crippen LogP contribution >= 0.6 is 31.9 Å². The lowest BCUT2D eigenvalue weighted by Crippen LogP contribution is -2.06. The van der Waals surface area contributed by atoms with Gasteiger partial charge in [-0.1, -0.05) is 0 Å². The molecule has 0 fully saturated rings. The molecule has 0 N–H and O–H groups in total. The summed E-state index contributed by atoms with van der Waals surface area (Å²) in [6, 6.07) is 3.70. The van der Waals surface area contributed by atoms with Crippen molar-refractivity contribution >= 4 is 43.9 Å². The van der Waals surface area contributed by atoms with E-state index in [0.717, 1.165) is 14.9 Å². The standard InChI is InChI=1S/C8H9Br2N3/c1-13(2)5-11-6-3-7(9)12-8(10)4-6/h3-5H,1-2H3. The maximum atomic E-state index is 4.23. The van der Waals surface area contributed by atoms with Gasteiger partial charge < -0.3 is 4.90 Å². The largest absolute Gasteiger partial charge is 0.369 e. The van der Waals surface area contributed by atoms with E-state index in [1.54, 1.807) is 6.34 Å². The Bertz CT molecular complexity index is 303. The summed E-state index contributed by atoms with van der Waals surface area (Å²) < 4.78 is 1.54. The highest BCUT2D eigenvalue weighted by Gasteiger charge is 1.96. The fraction of sp³-hybridized carbons (Fsp3) is 0.250. The predicted octanol–water partition coefficient (Wildman–Crippen LogP) is 2.83. The minimum Gasteiger partial charge on any atom is -0.369 e. The molecule has 0 aliphatic heterocycles. The number of aliphatic imine (C=N–C) groups is 1. The van der Waals surface area contributed by atoms with Gasteiger partial charge in [-0.25, -0.2) is 9.98 Å². The number of aromatic nitrogens is 1. The highest BCUT2D eigenvalue weighted by Crippen LogP contribution is 2.21. The summed E-state index contributed by atoms with van der Waals surface area (Å²) in [5.74, 6) is 0. The third-order valence-corrected chi connectivity index (χ3v) is 2.00. The maximum Gasteiger partial charge on any atom is 0.109 e. The Kier molecular flexibility index (Phi) is 3.87. The molecule has 0 spiro atoms. The van der Waals surface area contributed by atoms with Crippen molar-refractivity contribution in [3.8, 4) is 0 Å². The Morgan fingerprint density at radius 1 is 1.31 bits per heavy atom. The highest BCUT2D eigenvalue weighted by molar-refractivity contribution is 9.11. The Morgan fingerprint density at radius 3 is 2.31 bits per heavy atom. The van der Waals surface area contributed by atoms with Gasteiger partial charge in [-0.15, -0.1) is 0 Å². The molecule has 0 atom stereocenters. The van der Waals surface area contributed by atoms with Crippen molar-refractivity contribution in [1.82, 2.24) is 9.88 Å². The molecule has 5 heteroatoms. The zero-order valence-electron chi connectivity index (χ0n) is 7.33. The smallest absolute Gasteiger partial charge is 0.109 e. The second-order valence-corrected chi connectivity index (χ2v) is 4.30. The van der Waals surface area contributed by atoms with E-state index in [1.165, 1.54) is 0 Å². The average molecular weight is 307 g/mol. The fourth-order valence-electron chi connectivity index (χ4n) is 0.709. The second kappa shape index (κ2) is 4.72. The van der Waals surface area contributed by atoms with Crippen LogP contribution in [0, 0.1) is 0 Å². The maximum absolute atomic E-state index is 4.23. The normalized spacial score (nSPS) is 10.8. The van der Waals surface area contributed by atoms with Crippen molar-refractivity contribution in [3.05, 3.63) is 21.3 Å². The average Bonchev–Trinajstić information content (AvgIpc) is 1.99. The zero-order valence-corrected chi connectivity index (χ0v) is 10.5. The third kappa shape index (κ3) is 3.87. The minimum atomic E-state index is 0.771. The number of nitrogens with zero attached hydrogens (tertiary/aromatic N) is 3. The highest BCUT2D eigenvalue weighted by atomic mass is 79.9. The van der Waals surface area contributed by atoms with Gasteiger partial charge in [-0.3, -0.25) is 0 Å². The molecule has 1 aromatic rings. The first-order valence-electron chi connectivity index (χ1n) is 3.61. The first-order chi connectivity index (χ1) is 6.08. The minimum absolute atomic E-state index is 0.771. The Hall–Kier alpha value is -0.420. The van der Waals surface area contributed by atoms with Gasteiger partial charge in [0.15, 0.2) is 0 Å². The van der Waals surface area contributed by atoms with Crippen molar-refractivity contribution in [1.29, 1.82) is 0 Å². The van der Waals surface area contributed by atoms with Crippen LogP contribution in [0.4, 0.5) is 5.69 Å². The number of hydrogen-bond acceptors (Lipinski definition) is 2. The van der Waals surface area contributed by atoms with Crippen LogP contribution in [-0.2, 0) is 0 Å². The summed E-state index contributed by atoms with van der Waals surface area (Å²) in [6.07, 6.45) is 1.74. The number of hydrogen-bond donors (Lipinski definition) is 0. The van der Waals surface area contributed by atoms with Gasteiger partial charge in [-0.05, 0) is 44.0 Å². The zero-order chi connectivity index (χ0) is 9.84. The van der Waals surface area contributed by atoms with Crippen LogP contribution in [0.3, 0.4) is 0 Å². The molecule has 13 heavy (non-hydrogen) atoms. The number of rotatable bonds is 2. The topological polar surface area (TPSA) is 28.5 Å². The van der Waals surface area contributed by atoms with Crippen molar-refractivity contribution < 1.29 is 0 Å². The Labute approximate surface area is 94.1 Å². The third-order valence-electron chi connectivity index (χ3n) is 1.19. The van der Waals surface area contributed by atoms with Gasteiger partial charge in [0.25, 0.3) is 0 Å². The summed E-state index contributed by atoms with van der Waals surface area (Å²) in [6.45, 7) is 0. The van der Waals surface area contributed by atoms with Crippen LogP contribution < -0.4 is 0 Å². The summed E-state index contributed by atoms with van der Waals surface area (Å²) in [4.78, 5) is 10.2. The van der Waals surface area contributed by atoms with Crippen LogP contribution in [-0.4, -0.2) is 30.3 Å². The quantitative estimate of drug-likeness (QED) is 0.477. The first-order valence-corrected chi connectivity index (χ1v) is 5.20. The van der Waals surface area contributed by atoms with Crippen LogP contribution in [0.25, 0.3) is 0 Å². The van der Waals surface area contributed by atoms with E-state index >= 15 is 0 Å². The molecule has 0 unspecified atom stereocenters. The Morgan fingerprint density at radius 2 is 1.85 bits per heavy atom. The fourth-order valence-corrected chi connectivity index (χ4v) is 1.80. The predicted molar refractivity (Wildman–Crippen MR) is 61.5 cm³/mol. The molecular weight excluding hydrogens is 298 g/mol. The van der Waals surface area contributed by atoms with E-state index in [2.05, 4.69) is 41.8 Å². The van der Waals surface area contributed by atoms with E-state index in [4.69, 9.17) is 0 Å². The molecule has 1 rings (SSSR count). The first kappa shape index (κ1) is 10.7. The van der Waals surface area contributed by atoms with E-state index in [1.807, 2.05) is 31.1 Å². The Balaban J connectivity index is 2.89. The van der Waals surface area contributed by atoms with Gasteiger partial charge in [0.2, 0.25) is 0 Å². The lowest BCUT2D eigenvalue weighted by Gasteiger charge is -2.02. The van der Waals surface area contributed by atoms with Gasteiger partial charge in [0.1, 0.15) is 9.21 Å². The van der Waals surface area contributed by atoms with Crippen molar-refractivity contribution in [2.45, 2.75) is 0 Å². The summed E-state index contributed by atoms with van der Waals surface area (Å²) in [5, 5.41) is 0. The molecule has 3 nitrogen and oxygen atoms in total. The van der Waals surface area contributed by atoms with Crippen molar-refractivity contribution in [2.24, 2.45) is 4.99 Å². The molecule has 0 aromatic carbocycles. The van der Waals surface area contributed by atoms with Gasteiger partial charge in [0.05, 0.1) is 12.0 Å². The van der Waals surface area contributed by atoms with E-state index in [0.29, 0.717) is 0 Å². The summed E-state index contributed by atoms with van der Waals surface area (Å²) in [5.41, 5.74) is 0.863. The van der Waals surface area contributed by atoms with Crippen LogP contribution in [0.1, 0.15) is 0 Å². The van der Waals surface area contributed by atoms with Crippen LogP contribution in [0.15, 0.2) is 26.3 Å². The monoisotopic (exact) mass is 305 g/mol. The molecule has 0 bridgehead atoms. The van der Waals surface area contributed by atoms with Crippen molar-refractivity contribution in [3.63, 3.8) is 0 Å². The van der Waals surface area contributed by atoms with Gasteiger partial charge in [0, 0.05) is 14.1 Å². The van der Waals surface area contributed by atoms with E-state index < -0.39 is 0 Å². The molecule has 0 aliphatic carbocycles. The lowest BCUT2D eigenvalue weighted by atomic mass is 10.4. The van der Waals surface area contributed by atoms with Gasteiger partial charge in [-0.2, -0.15) is 0 Å². The molecule has 0 aliphatic rings. The molecule has 0 saturated heterocycles. The molecule has 70 valence electrons. The molecule has 0 radical (unpaired) electrons.